The summed E-state index contributed by atoms with van der Waals surface area (Å²) in [6.45, 7) is 6.20. The second-order valence-corrected chi connectivity index (χ2v) is 5.26. The van der Waals surface area contributed by atoms with Crippen molar-refractivity contribution in [2.75, 3.05) is 0 Å². The van der Waals surface area contributed by atoms with E-state index in [1.165, 1.54) is 7.05 Å². The number of aromatic nitrogens is 4. The van der Waals surface area contributed by atoms with Gasteiger partial charge in [0.1, 0.15) is 5.69 Å². The van der Waals surface area contributed by atoms with Crippen LogP contribution >= 0.6 is 0 Å². The highest BCUT2D eigenvalue weighted by Gasteiger charge is 2.35. The van der Waals surface area contributed by atoms with Gasteiger partial charge in [0.25, 0.3) is 5.91 Å². The fourth-order valence-corrected chi connectivity index (χ4v) is 2.29. The second-order valence-electron chi connectivity index (χ2n) is 5.26. The fraction of sp³-hybridized carbons (Fsp3) is 0.500. The fourth-order valence-electron chi connectivity index (χ4n) is 2.29. The first-order valence-corrected chi connectivity index (χ1v) is 7.09. The number of carbonyl (C=O) groups excluding carboxylic acids is 1. The van der Waals surface area contributed by atoms with E-state index in [0.29, 0.717) is 6.54 Å². The zero-order valence-corrected chi connectivity index (χ0v) is 13.3. The molecule has 0 fully saturated rings. The number of alkyl halides is 3. The van der Waals surface area contributed by atoms with E-state index in [2.05, 4.69) is 15.5 Å². The second kappa shape index (κ2) is 6.05. The average Bonchev–Trinajstić information content (AvgIpc) is 3.01. The summed E-state index contributed by atoms with van der Waals surface area (Å²) in [5.41, 5.74) is 0.344. The van der Waals surface area contributed by atoms with Gasteiger partial charge in [-0.05, 0) is 20.8 Å². The number of hydrogen-bond donors (Lipinski definition) is 1. The van der Waals surface area contributed by atoms with E-state index < -0.39 is 17.8 Å². The molecule has 1 amide bonds. The summed E-state index contributed by atoms with van der Waals surface area (Å²) in [5, 5.41) is 10.3. The molecule has 0 aliphatic heterocycles. The lowest BCUT2D eigenvalue weighted by Gasteiger charge is -2.13. The third kappa shape index (κ3) is 3.54. The van der Waals surface area contributed by atoms with Gasteiger partial charge in [-0.1, -0.05) is 0 Å². The van der Waals surface area contributed by atoms with Crippen molar-refractivity contribution >= 4 is 5.91 Å². The molecule has 0 aromatic carbocycles. The minimum Gasteiger partial charge on any atom is -0.344 e. The minimum absolute atomic E-state index is 0.148. The molecule has 23 heavy (non-hydrogen) atoms. The van der Waals surface area contributed by atoms with Gasteiger partial charge in [0.15, 0.2) is 5.69 Å². The normalized spacial score (nSPS) is 13.2. The molecular weight excluding hydrogens is 311 g/mol. The van der Waals surface area contributed by atoms with Crippen LogP contribution in [0.25, 0.3) is 0 Å². The van der Waals surface area contributed by atoms with Gasteiger partial charge in [-0.25, -0.2) is 0 Å². The molecule has 0 spiro atoms. The summed E-state index contributed by atoms with van der Waals surface area (Å²) in [6.07, 6.45) is -2.77. The molecular formula is C14H18F3N5O. The molecule has 1 N–H and O–H groups in total. The summed E-state index contributed by atoms with van der Waals surface area (Å²) < 4.78 is 40.6. The average molecular weight is 329 g/mol. The molecule has 0 aliphatic carbocycles. The van der Waals surface area contributed by atoms with Gasteiger partial charge in [0, 0.05) is 31.4 Å². The SMILES string of the molecule is CCn1cc(C(C)NC(=O)c2cc(C(F)(F)F)nn2C)c(C)n1. The molecule has 0 aliphatic rings. The first kappa shape index (κ1) is 17.0. The topological polar surface area (TPSA) is 64.7 Å². The van der Waals surface area contributed by atoms with Crippen LogP contribution in [0.15, 0.2) is 12.3 Å². The van der Waals surface area contributed by atoms with E-state index in [-0.39, 0.29) is 11.7 Å². The van der Waals surface area contributed by atoms with E-state index in [0.717, 1.165) is 22.0 Å². The molecule has 2 aromatic heterocycles. The van der Waals surface area contributed by atoms with Gasteiger partial charge in [-0.3, -0.25) is 14.2 Å². The van der Waals surface area contributed by atoms with E-state index in [1.54, 1.807) is 11.6 Å². The largest absolute Gasteiger partial charge is 0.435 e. The van der Waals surface area contributed by atoms with Gasteiger partial charge in [0.2, 0.25) is 0 Å². The molecule has 2 aromatic rings. The Bertz CT molecular complexity index is 717. The maximum atomic E-state index is 12.6. The Morgan fingerprint density at radius 3 is 2.52 bits per heavy atom. The first-order chi connectivity index (χ1) is 10.6. The number of rotatable bonds is 4. The zero-order chi connectivity index (χ0) is 17.4. The van der Waals surface area contributed by atoms with Crippen LogP contribution in [-0.4, -0.2) is 25.5 Å². The van der Waals surface area contributed by atoms with Crippen molar-refractivity contribution in [2.45, 2.75) is 39.5 Å². The Morgan fingerprint density at radius 2 is 2.04 bits per heavy atom. The van der Waals surface area contributed by atoms with E-state index >= 15 is 0 Å². The van der Waals surface area contributed by atoms with Crippen molar-refractivity contribution in [3.63, 3.8) is 0 Å². The third-order valence-electron chi connectivity index (χ3n) is 3.53. The molecule has 1 atom stereocenters. The lowest BCUT2D eigenvalue weighted by Crippen LogP contribution is -2.28. The highest BCUT2D eigenvalue weighted by atomic mass is 19.4. The Morgan fingerprint density at radius 1 is 1.39 bits per heavy atom. The van der Waals surface area contributed by atoms with Crippen LogP contribution in [0.5, 0.6) is 0 Å². The van der Waals surface area contributed by atoms with E-state index in [4.69, 9.17) is 0 Å². The molecule has 9 heteroatoms. The summed E-state index contributed by atoms with van der Waals surface area (Å²) in [4.78, 5) is 12.2. The van der Waals surface area contributed by atoms with Gasteiger partial charge >= 0.3 is 6.18 Å². The summed E-state index contributed by atoms with van der Waals surface area (Å²) in [5.74, 6) is -0.619. The number of carbonyl (C=O) groups is 1. The molecule has 6 nitrogen and oxygen atoms in total. The van der Waals surface area contributed by atoms with Crippen molar-refractivity contribution in [3.8, 4) is 0 Å². The Balaban J connectivity index is 2.18. The zero-order valence-electron chi connectivity index (χ0n) is 13.3. The van der Waals surface area contributed by atoms with Crippen molar-refractivity contribution < 1.29 is 18.0 Å². The van der Waals surface area contributed by atoms with Gasteiger partial charge < -0.3 is 5.32 Å². The molecule has 1 unspecified atom stereocenters. The van der Waals surface area contributed by atoms with Crippen LogP contribution in [0.2, 0.25) is 0 Å². The maximum absolute atomic E-state index is 12.6. The Kier molecular flexibility index (Phi) is 4.49. The molecule has 126 valence electrons. The van der Waals surface area contributed by atoms with Crippen LogP contribution in [0.4, 0.5) is 13.2 Å². The number of nitrogens with zero attached hydrogens (tertiary/aromatic N) is 4. The predicted octanol–water partition coefficient (Wildman–Crippen LogP) is 2.45. The van der Waals surface area contributed by atoms with Crippen LogP contribution in [0, 0.1) is 6.92 Å². The molecule has 0 radical (unpaired) electrons. The number of nitrogens with one attached hydrogen (secondary N) is 1. The number of hydrogen-bond acceptors (Lipinski definition) is 3. The van der Waals surface area contributed by atoms with Crippen molar-refractivity contribution in [1.29, 1.82) is 0 Å². The van der Waals surface area contributed by atoms with Crippen LogP contribution in [0.1, 0.15) is 47.3 Å². The number of amides is 1. The monoisotopic (exact) mass is 329 g/mol. The van der Waals surface area contributed by atoms with Crippen LogP contribution in [0.3, 0.4) is 0 Å². The molecule has 2 rings (SSSR count). The lowest BCUT2D eigenvalue weighted by molar-refractivity contribution is -0.141. The van der Waals surface area contributed by atoms with Gasteiger partial charge in [-0.15, -0.1) is 0 Å². The summed E-state index contributed by atoms with van der Waals surface area (Å²) in [7, 11) is 1.30. The quantitative estimate of drug-likeness (QED) is 0.937. The van der Waals surface area contributed by atoms with Gasteiger partial charge in [0.05, 0.1) is 11.7 Å². The third-order valence-corrected chi connectivity index (χ3v) is 3.53. The first-order valence-electron chi connectivity index (χ1n) is 7.09. The van der Waals surface area contributed by atoms with E-state index in [1.807, 2.05) is 20.0 Å². The predicted molar refractivity (Wildman–Crippen MR) is 76.7 cm³/mol. The maximum Gasteiger partial charge on any atom is 0.435 e. The Hall–Kier alpha value is -2.32. The highest BCUT2D eigenvalue weighted by molar-refractivity contribution is 5.93. The molecule has 0 saturated carbocycles. The van der Waals surface area contributed by atoms with Crippen LogP contribution < -0.4 is 5.32 Å². The number of aryl methyl sites for hydroxylation is 3. The van der Waals surface area contributed by atoms with Crippen molar-refractivity contribution in [2.24, 2.45) is 7.05 Å². The highest BCUT2D eigenvalue weighted by Crippen LogP contribution is 2.28. The van der Waals surface area contributed by atoms with Crippen molar-refractivity contribution in [1.82, 2.24) is 24.9 Å². The summed E-state index contributed by atoms with van der Waals surface area (Å²) in [6, 6.07) is 0.358. The smallest absolute Gasteiger partial charge is 0.344 e. The lowest BCUT2D eigenvalue weighted by atomic mass is 10.1. The van der Waals surface area contributed by atoms with Crippen molar-refractivity contribution in [3.05, 3.63) is 34.9 Å². The van der Waals surface area contributed by atoms with Gasteiger partial charge in [-0.2, -0.15) is 23.4 Å². The Labute approximate surface area is 131 Å². The molecule has 0 saturated heterocycles. The number of halogens is 3. The molecule has 2 heterocycles. The summed E-state index contributed by atoms with van der Waals surface area (Å²) >= 11 is 0. The molecule has 0 bridgehead atoms. The minimum atomic E-state index is -4.58. The standard InChI is InChI=1S/C14H18F3N5O/c1-5-22-7-10(9(3)19-22)8(2)18-13(23)11-6-12(14(15,16)17)20-21(11)4/h6-8H,5H2,1-4H3,(H,18,23). The van der Waals surface area contributed by atoms with Crippen LogP contribution in [-0.2, 0) is 19.8 Å². The van der Waals surface area contributed by atoms with E-state index in [9.17, 15) is 18.0 Å².